The van der Waals surface area contributed by atoms with E-state index in [9.17, 15) is 9.59 Å². The smallest absolute Gasteiger partial charge is 0.302 e. The molecule has 214 valence electrons. The Balaban J connectivity index is 1.30. The topological polar surface area (TPSA) is 73.9 Å². The van der Waals surface area contributed by atoms with Crippen LogP contribution in [0.5, 0.6) is 0 Å². The van der Waals surface area contributed by atoms with Crippen molar-refractivity contribution >= 4 is 11.9 Å². The van der Waals surface area contributed by atoms with Crippen LogP contribution in [0.25, 0.3) is 0 Å². The van der Waals surface area contributed by atoms with Crippen molar-refractivity contribution in [2.24, 2.45) is 46.3 Å². The molecule has 38 heavy (non-hydrogen) atoms. The third kappa shape index (κ3) is 4.56. The lowest BCUT2D eigenvalue weighted by Gasteiger charge is -2.58. The number of hydrogen-bond acceptors (Lipinski definition) is 5. The summed E-state index contributed by atoms with van der Waals surface area (Å²) in [5.74, 6) is 2.74. The number of carbonyl (C=O) groups is 2. The fourth-order valence-corrected chi connectivity index (χ4v) is 10.1. The van der Waals surface area contributed by atoms with Gasteiger partial charge in [0.2, 0.25) is 5.91 Å². The maximum atomic E-state index is 11.6. The van der Waals surface area contributed by atoms with E-state index in [1.165, 1.54) is 19.8 Å². The van der Waals surface area contributed by atoms with Crippen molar-refractivity contribution in [3.8, 4) is 0 Å². The van der Waals surface area contributed by atoms with Crippen LogP contribution in [0.1, 0.15) is 99.3 Å². The first kappa shape index (κ1) is 28.1. The summed E-state index contributed by atoms with van der Waals surface area (Å²) in [5.41, 5.74) is 2.07. The molecule has 3 saturated carbocycles. The molecule has 6 heteroatoms. The molecule has 0 aromatic rings. The van der Waals surface area contributed by atoms with E-state index in [0.717, 1.165) is 50.9 Å². The molecule has 5 aliphatic rings. The van der Waals surface area contributed by atoms with Gasteiger partial charge in [-0.15, -0.1) is 0 Å². The highest BCUT2D eigenvalue weighted by Gasteiger charge is 2.68. The minimum Gasteiger partial charge on any atom is -0.462 e. The Morgan fingerprint density at radius 2 is 1.95 bits per heavy atom. The number of fused-ring (bicyclic) bond motifs is 7. The van der Waals surface area contributed by atoms with Gasteiger partial charge in [-0.2, -0.15) is 0 Å². The first-order chi connectivity index (χ1) is 17.9. The molecule has 11 unspecified atom stereocenters. The largest absolute Gasteiger partial charge is 0.462 e. The van der Waals surface area contributed by atoms with Gasteiger partial charge in [0.15, 0.2) is 5.79 Å². The van der Waals surface area contributed by atoms with E-state index < -0.39 is 5.79 Å². The molecular weight excluding hydrogens is 478 g/mol. The van der Waals surface area contributed by atoms with Gasteiger partial charge in [0.25, 0.3) is 0 Å². The van der Waals surface area contributed by atoms with Crippen molar-refractivity contribution in [2.75, 3.05) is 13.7 Å². The van der Waals surface area contributed by atoms with Gasteiger partial charge in [0.05, 0.1) is 6.10 Å². The summed E-state index contributed by atoms with van der Waals surface area (Å²) in [7, 11) is 1.83. The van der Waals surface area contributed by atoms with Crippen molar-refractivity contribution in [1.29, 1.82) is 0 Å². The summed E-state index contributed by atoms with van der Waals surface area (Å²) in [6.07, 6.45) is 12.6. The molecule has 0 aromatic carbocycles. The van der Waals surface area contributed by atoms with E-state index in [0.29, 0.717) is 36.1 Å². The lowest BCUT2D eigenvalue weighted by molar-refractivity contribution is -0.238. The van der Waals surface area contributed by atoms with E-state index in [2.05, 4.69) is 39.1 Å². The second kappa shape index (κ2) is 10.2. The standard InChI is InChI=1S/C32H51NO5/c1-19(18-33-21(3)34)10-15-32(36-7)20(2)29-28(38-32)17-27-25-9-8-23-16-24(37-22(4)35)11-13-30(23,5)26(25)12-14-31(27,29)6/h8,19-20,24-29H,9-18H2,1-7H3,(H,33,34). The summed E-state index contributed by atoms with van der Waals surface area (Å²) >= 11 is 0. The maximum Gasteiger partial charge on any atom is 0.302 e. The van der Waals surface area contributed by atoms with Crippen LogP contribution in [-0.4, -0.2) is 43.5 Å². The van der Waals surface area contributed by atoms with Crippen molar-refractivity contribution < 1.29 is 23.8 Å². The van der Waals surface area contributed by atoms with Gasteiger partial charge in [-0.3, -0.25) is 9.59 Å². The molecule has 0 radical (unpaired) electrons. The van der Waals surface area contributed by atoms with Crippen LogP contribution in [0.4, 0.5) is 0 Å². The van der Waals surface area contributed by atoms with Gasteiger partial charge in [-0.05, 0) is 85.4 Å². The Hall–Kier alpha value is -1.40. The Bertz CT molecular complexity index is 963. The van der Waals surface area contributed by atoms with Gasteiger partial charge in [0, 0.05) is 46.3 Å². The molecule has 4 fully saturated rings. The molecule has 1 saturated heterocycles. The van der Waals surface area contributed by atoms with Crippen molar-refractivity contribution in [2.45, 2.75) is 117 Å². The van der Waals surface area contributed by atoms with E-state index in [4.69, 9.17) is 14.2 Å². The predicted octanol–water partition coefficient (Wildman–Crippen LogP) is 6.04. The number of hydrogen-bond donors (Lipinski definition) is 1. The first-order valence-electron chi connectivity index (χ1n) is 15.3. The van der Waals surface area contributed by atoms with E-state index in [1.807, 2.05) is 7.11 Å². The van der Waals surface area contributed by atoms with Gasteiger partial charge in [0.1, 0.15) is 6.10 Å². The number of ether oxygens (including phenoxy) is 3. The number of rotatable bonds is 7. The van der Waals surface area contributed by atoms with Crippen LogP contribution in [0.3, 0.4) is 0 Å². The summed E-state index contributed by atoms with van der Waals surface area (Å²) in [5, 5.41) is 2.96. The monoisotopic (exact) mass is 529 g/mol. The summed E-state index contributed by atoms with van der Waals surface area (Å²) in [6, 6.07) is 0. The van der Waals surface area contributed by atoms with Crippen molar-refractivity contribution in [1.82, 2.24) is 5.32 Å². The third-order valence-corrected chi connectivity index (χ3v) is 12.1. The molecule has 1 N–H and O–H groups in total. The molecule has 1 amide bonds. The van der Waals surface area contributed by atoms with Crippen LogP contribution in [0.2, 0.25) is 0 Å². The highest BCUT2D eigenvalue weighted by Crippen LogP contribution is 2.70. The number of amides is 1. The van der Waals surface area contributed by atoms with Gasteiger partial charge in [-0.25, -0.2) is 0 Å². The second-order valence-corrected chi connectivity index (χ2v) is 14.1. The molecule has 4 aliphatic carbocycles. The highest BCUT2D eigenvalue weighted by molar-refractivity contribution is 5.72. The van der Waals surface area contributed by atoms with Crippen LogP contribution in [0.15, 0.2) is 11.6 Å². The molecule has 1 aliphatic heterocycles. The zero-order valence-electron chi connectivity index (χ0n) is 24.8. The molecule has 1 heterocycles. The Morgan fingerprint density at radius 1 is 1.18 bits per heavy atom. The Morgan fingerprint density at radius 3 is 2.63 bits per heavy atom. The molecule has 0 spiro atoms. The average Bonchev–Trinajstić information content (AvgIpc) is 3.31. The maximum absolute atomic E-state index is 11.6. The third-order valence-electron chi connectivity index (χ3n) is 12.1. The highest BCUT2D eigenvalue weighted by atomic mass is 16.7. The fourth-order valence-electron chi connectivity index (χ4n) is 10.1. The van der Waals surface area contributed by atoms with E-state index in [-0.39, 0.29) is 34.9 Å². The number of nitrogens with one attached hydrogen (secondary N) is 1. The SMILES string of the molecule is COC1(CCC(C)CNC(C)=O)OC2CC3C4CC=C5CC(OC(C)=O)CCC5(C)C4CCC3(C)C2C1C. The summed E-state index contributed by atoms with van der Waals surface area (Å²) in [6.45, 7) is 13.5. The predicted molar refractivity (Wildman–Crippen MR) is 147 cm³/mol. The second-order valence-electron chi connectivity index (χ2n) is 14.1. The molecule has 6 nitrogen and oxygen atoms in total. The zero-order chi connectivity index (χ0) is 27.5. The molecule has 0 bridgehead atoms. The number of allylic oxidation sites excluding steroid dienone is 1. The Kier molecular flexibility index (Phi) is 7.56. The minimum atomic E-state index is -0.522. The van der Waals surface area contributed by atoms with E-state index >= 15 is 0 Å². The number of methoxy groups -OCH3 is 1. The van der Waals surface area contributed by atoms with Crippen molar-refractivity contribution in [3.63, 3.8) is 0 Å². The average molecular weight is 530 g/mol. The van der Waals surface area contributed by atoms with Crippen LogP contribution in [0, 0.1) is 46.3 Å². The summed E-state index contributed by atoms with van der Waals surface area (Å²) < 4.78 is 18.8. The molecule has 5 rings (SSSR count). The molecule has 11 atom stereocenters. The van der Waals surface area contributed by atoms with Crippen molar-refractivity contribution in [3.05, 3.63) is 11.6 Å². The first-order valence-corrected chi connectivity index (χ1v) is 15.3. The lowest BCUT2D eigenvalue weighted by atomic mass is 9.47. The lowest BCUT2D eigenvalue weighted by Crippen LogP contribution is -2.52. The zero-order valence-corrected chi connectivity index (χ0v) is 24.8. The fraction of sp³-hybridized carbons (Fsp3) is 0.875. The molecule has 0 aromatic heterocycles. The van der Waals surface area contributed by atoms with Gasteiger partial charge in [-0.1, -0.05) is 39.3 Å². The minimum absolute atomic E-state index is 0.0314. The molecular formula is C32H51NO5. The normalized spacial score (nSPS) is 46.2. The van der Waals surface area contributed by atoms with Crippen LogP contribution < -0.4 is 5.32 Å². The van der Waals surface area contributed by atoms with Crippen LogP contribution >= 0.6 is 0 Å². The quantitative estimate of drug-likeness (QED) is 0.322. The van der Waals surface area contributed by atoms with Crippen LogP contribution in [-0.2, 0) is 23.8 Å². The van der Waals surface area contributed by atoms with Gasteiger partial charge < -0.3 is 19.5 Å². The van der Waals surface area contributed by atoms with E-state index in [1.54, 1.807) is 12.5 Å². The summed E-state index contributed by atoms with van der Waals surface area (Å²) in [4.78, 5) is 22.9. The number of esters is 1. The Labute approximate surface area is 230 Å². The number of carbonyl (C=O) groups excluding carboxylic acids is 2. The van der Waals surface area contributed by atoms with Gasteiger partial charge >= 0.3 is 5.97 Å².